The van der Waals surface area contributed by atoms with E-state index < -0.39 is 126 Å². The van der Waals surface area contributed by atoms with Crippen molar-refractivity contribution in [2.24, 2.45) is 35.3 Å². The first-order chi connectivity index (χ1) is 50.0. The van der Waals surface area contributed by atoms with Gasteiger partial charge in [0.05, 0.1) is 56.5 Å². The number of hydrogen-bond donors (Lipinski definition) is 7. The van der Waals surface area contributed by atoms with Crippen molar-refractivity contribution in [3.63, 3.8) is 0 Å². The monoisotopic (exact) mass is 1470 g/mol. The zero-order valence-corrected chi connectivity index (χ0v) is 64.2. The lowest BCUT2D eigenvalue weighted by molar-refractivity contribution is -0.150. The van der Waals surface area contributed by atoms with Crippen LogP contribution in [0.1, 0.15) is 157 Å². The third kappa shape index (κ3) is 29.0. The summed E-state index contributed by atoms with van der Waals surface area (Å²) >= 11 is 0. The lowest BCUT2D eigenvalue weighted by Gasteiger charge is -2.41. The van der Waals surface area contributed by atoms with E-state index in [-0.39, 0.29) is 88.0 Å². The molecule has 105 heavy (non-hydrogen) atoms. The van der Waals surface area contributed by atoms with E-state index in [0.29, 0.717) is 82.6 Å². The van der Waals surface area contributed by atoms with Gasteiger partial charge in [0.1, 0.15) is 36.8 Å². The summed E-state index contributed by atoms with van der Waals surface area (Å²) in [6, 6.07) is 8.45. The number of carbonyl (C=O) groups excluding carboxylic acids is 12. The standard InChI is InChI=1S/C76H119N11O18/c1-15-51(8)67(59(101-13)46-63(91)86-40-26-30-58(86)68(102-14)52(9)69(92)81-57(45-53-27-19-16-20-28-53)74(97)104-42-24-18-23-41-103-44-43-100-12)84(10)73(96)65(49(4)5)83-72(95)66(50(6)7)85(11)76(99)105-47-54-32-34-55(35-33-54)79-70(93)56(29-25-38-78-75(77)98)80-71(94)64(48(2)3)82-60(88)31-21-17-22-39-87-61(89)36-37-62(87)90/h16,19-20,27-28,32-37,48-52,56-59,64-68H,15,17-18,21-26,29-31,38-47H2,1-14H3,(H,79,93)(H,80,94)(H,81,92)(H,82,88)(H,83,95)(H3,77,78,98)/t51-,52+,56-,57-,58-,59+,64-,65-,66-,67-,68+/m0/s1. The largest absolute Gasteiger partial charge is 0.464 e. The third-order valence-corrected chi connectivity index (χ3v) is 19.2. The second-order valence-corrected chi connectivity index (χ2v) is 28.2. The minimum atomic E-state index is -1.12. The van der Waals surface area contributed by atoms with Crippen molar-refractivity contribution in [3.8, 4) is 0 Å². The number of hydrogen-bond acceptors (Lipinski definition) is 18. The lowest BCUT2D eigenvalue weighted by Crippen LogP contribution is -2.60. The van der Waals surface area contributed by atoms with Gasteiger partial charge in [-0.3, -0.25) is 53.0 Å². The second-order valence-electron chi connectivity index (χ2n) is 28.2. The van der Waals surface area contributed by atoms with Crippen LogP contribution in [0.15, 0.2) is 66.7 Å². The number of nitrogens with zero attached hydrogens (tertiary/aromatic N) is 4. The number of primary amides is 1. The number of likely N-dealkylation sites (N-methyl/N-ethyl adjacent to an activating group) is 2. The Morgan fingerprint density at radius 3 is 1.90 bits per heavy atom. The molecule has 0 saturated carbocycles. The number of urea groups is 1. The highest BCUT2D eigenvalue weighted by Crippen LogP contribution is 2.31. The molecule has 0 aromatic heterocycles. The van der Waals surface area contributed by atoms with Crippen molar-refractivity contribution in [1.29, 1.82) is 0 Å². The zero-order valence-electron chi connectivity index (χ0n) is 64.2. The minimum Gasteiger partial charge on any atom is -0.464 e. The Morgan fingerprint density at radius 1 is 0.638 bits per heavy atom. The molecule has 0 unspecified atom stereocenters. The van der Waals surface area contributed by atoms with Crippen molar-refractivity contribution in [3.05, 3.63) is 77.9 Å². The molecule has 1 fully saturated rings. The van der Waals surface area contributed by atoms with Crippen LogP contribution in [0.4, 0.5) is 15.3 Å². The maximum Gasteiger partial charge on any atom is 0.410 e. The number of amides is 12. The van der Waals surface area contributed by atoms with Gasteiger partial charge >= 0.3 is 18.1 Å². The van der Waals surface area contributed by atoms with E-state index in [2.05, 4.69) is 31.9 Å². The Balaban J connectivity index is 1.38. The second kappa shape index (κ2) is 46.4. The van der Waals surface area contributed by atoms with Crippen LogP contribution in [0.3, 0.4) is 0 Å². The zero-order chi connectivity index (χ0) is 77.9. The van der Waals surface area contributed by atoms with Crippen LogP contribution >= 0.6 is 0 Å². The molecule has 0 radical (unpaired) electrons. The fraction of sp³-hybridized carbons (Fsp3) is 0.658. The van der Waals surface area contributed by atoms with Gasteiger partial charge in [-0.05, 0) is 105 Å². The van der Waals surface area contributed by atoms with E-state index in [0.717, 1.165) is 23.3 Å². The van der Waals surface area contributed by atoms with Crippen LogP contribution in [-0.2, 0) is 89.4 Å². The molecular weight excluding hydrogens is 1350 g/mol. The van der Waals surface area contributed by atoms with Crippen LogP contribution in [0.5, 0.6) is 0 Å². The van der Waals surface area contributed by atoms with Crippen LogP contribution in [0.25, 0.3) is 0 Å². The molecular formula is C76H119N11O18. The number of carbonyl (C=O) groups is 12. The highest BCUT2D eigenvalue weighted by Gasteiger charge is 2.44. The Labute approximate surface area is 619 Å². The predicted molar refractivity (Wildman–Crippen MR) is 394 cm³/mol. The summed E-state index contributed by atoms with van der Waals surface area (Å²) in [5.41, 5.74) is 6.93. The van der Waals surface area contributed by atoms with E-state index >= 15 is 0 Å². The molecule has 2 aromatic carbocycles. The Morgan fingerprint density at radius 2 is 1.29 bits per heavy atom. The molecule has 29 nitrogen and oxygen atoms in total. The van der Waals surface area contributed by atoms with Gasteiger partial charge in [0.15, 0.2) is 0 Å². The fourth-order valence-electron chi connectivity index (χ4n) is 13.0. The average molecular weight is 1470 g/mol. The van der Waals surface area contributed by atoms with E-state index in [9.17, 15) is 57.5 Å². The van der Waals surface area contributed by atoms with Crippen molar-refractivity contribution < 1.29 is 86.0 Å². The quantitative estimate of drug-likeness (QED) is 0.0229. The molecule has 0 spiro atoms. The van der Waals surface area contributed by atoms with Crippen LogP contribution < -0.4 is 37.6 Å². The van der Waals surface area contributed by atoms with Gasteiger partial charge in [0.25, 0.3) is 11.8 Å². The molecule has 2 aliphatic heterocycles. The molecule has 2 heterocycles. The van der Waals surface area contributed by atoms with E-state index in [1.807, 2.05) is 44.2 Å². The van der Waals surface area contributed by atoms with Crippen LogP contribution in [-0.4, -0.2) is 227 Å². The number of methoxy groups -OCH3 is 3. The number of nitrogens with one attached hydrogen (secondary N) is 6. The fourth-order valence-corrected chi connectivity index (χ4v) is 13.0. The van der Waals surface area contributed by atoms with Crippen molar-refractivity contribution in [2.75, 3.05) is 86.8 Å². The van der Waals surface area contributed by atoms with E-state index in [4.69, 9.17) is 34.2 Å². The van der Waals surface area contributed by atoms with Crippen molar-refractivity contribution >= 4 is 76.9 Å². The van der Waals surface area contributed by atoms with Crippen molar-refractivity contribution in [1.82, 2.24) is 46.2 Å². The molecule has 1 saturated heterocycles. The van der Waals surface area contributed by atoms with Gasteiger partial charge in [-0.1, -0.05) is 118 Å². The molecule has 0 bridgehead atoms. The summed E-state index contributed by atoms with van der Waals surface area (Å²) in [6.07, 6.45) is 5.95. The molecule has 29 heteroatoms. The highest BCUT2D eigenvalue weighted by molar-refractivity contribution is 6.12. The van der Waals surface area contributed by atoms with Gasteiger partial charge in [0, 0.05) is 92.3 Å². The summed E-state index contributed by atoms with van der Waals surface area (Å²) in [7, 11) is 7.66. The maximum atomic E-state index is 14.9. The first-order valence-corrected chi connectivity index (χ1v) is 37.0. The SMILES string of the molecule is CC[C@H](C)[C@@H]([C@@H](CC(=O)N1CCC[C@H]1[C@H](OC)[C@@H](C)C(=O)N[C@@H](Cc1ccccc1)C(=O)OCCCCCOCCOC)OC)N(C)C(=O)[C@@H](NC(=O)[C@H](C(C)C)N(C)C(=O)OCc1ccc(NC(=O)[C@H](CCCNC(N)=O)NC(=O)[C@@H](NC(=O)CCCCCN2C(=O)C=CC2=O)C(C)C)cc1)C(C)C. The summed E-state index contributed by atoms with van der Waals surface area (Å²) < 4.78 is 34.2. The summed E-state index contributed by atoms with van der Waals surface area (Å²) in [6.45, 7) is 18.5. The normalized spacial score (nSPS) is 16.4. The van der Waals surface area contributed by atoms with Crippen molar-refractivity contribution in [2.45, 2.75) is 213 Å². The number of rotatable bonds is 48. The number of nitrogens with two attached hydrogens (primary N) is 1. The topological polar surface area (TPSA) is 371 Å². The molecule has 11 atom stereocenters. The number of anilines is 1. The Bertz CT molecular complexity index is 3140. The average Bonchev–Trinajstić information content (AvgIpc) is 1.71. The molecule has 2 aliphatic rings. The molecule has 4 rings (SSSR count). The van der Waals surface area contributed by atoms with Gasteiger partial charge < -0.3 is 75.9 Å². The predicted octanol–water partition coefficient (Wildman–Crippen LogP) is 5.94. The van der Waals surface area contributed by atoms with E-state index in [1.54, 1.807) is 91.8 Å². The molecule has 0 aliphatic carbocycles. The van der Waals surface area contributed by atoms with Crippen LogP contribution in [0.2, 0.25) is 0 Å². The minimum absolute atomic E-state index is 0.0781. The molecule has 586 valence electrons. The lowest BCUT2D eigenvalue weighted by atomic mass is 9.89. The van der Waals surface area contributed by atoms with Gasteiger partial charge in [-0.2, -0.15) is 0 Å². The molecule has 2 aromatic rings. The third-order valence-electron chi connectivity index (χ3n) is 19.2. The molecule has 12 amide bonds. The first-order valence-electron chi connectivity index (χ1n) is 37.0. The number of likely N-dealkylation sites (tertiary alicyclic amines) is 1. The number of esters is 1. The Hall–Kier alpha value is -8.54. The van der Waals surface area contributed by atoms with E-state index in [1.165, 1.54) is 43.2 Å². The maximum absolute atomic E-state index is 14.9. The Kier molecular flexibility index (Phi) is 39.3. The highest BCUT2D eigenvalue weighted by atomic mass is 16.6. The summed E-state index contributed by atoms with van der Waals surface area (Å²) in [4.78, 5) is 167. The number of ether oxygens (including phenoxy) is 6. The number of benzene rings is 2. The number of imide groups is 1. The smallest absolute Gasteiger partial charge is 0.410 e. The number of unbranched alkanes of at least 4 members (excludes halogenated alkanes) is 4. The van der Waals surface area contributed by atoms with Crippen LogP contribution in [0, 0.1) is 29.6 Å². The molecule has 8 N–H and O–H groups in total. The summed E-state index contributed by atoms with van der Waals surface area (Å²) in [5, 5.41) is 16.7. The first kappa shape index (κ1) is 88.9. The van der Waals surface area contributed by atoms with Gasteiger partial charge in [-0.25, -0.2) is 14.4 Å². The van der Waals surface area contributed by atoms with Gasteiger partial charge in [0.2, 0.25) is 41.4 Å². The van der Waals surface area contributed by atoms with Gasteiger partial charge in [-0.15, -0.1) is 0 Å². The summed E-state index contributed by atoms with van der Waals surface area (Å²) in [5.74, 6) is -6.97.